The standard InChI is InChI=1S/C25H30ClN7O2/c1-16-13-31(24-28-22(17(2)35-24)27-18(3)26)11-12-33(16)23(34)20-9-7-19(8-10-20)21-14-32(30-29-21)15-25(4,5)6/h7-10,14,16H,2-3,11-13,15H2,1,4-6H3/b27-22+. The third-order valence-corrected chi connectivity index (χ3v) is 5.74. The van der Waals surface area contributed by atoms with E-state index in [0.29, 0.717) is 42.8 Å². The van der Waals surface area contributed by atoms with Gasteiger partial charge in [0.05, 0.1) is 6.20 Å². The Balaban J connectivity index is 1.40. The van der Waals surface area contributed by atoms with Crippen molar-refractivity contribution in [1.29, 1.82) is 0 Å². The summed E-state index contributed by atoms with van der Waals surface area (Å²) in [6, 6.07) is 7.88. The van der Waals surface area contributed by atoms with Crippen molar-refractivity contribution >= 4 is 29.4 Å². The van der Waals surface area contributed by atoms with Crippen molar-refractivity contribution in [2.24, 2.45) is 15.4 Å². The van der Waals surface area contributed by atoms with Gasteiger partial charge in [0, 0.05) is 43.3 Å². The van der Waals surface area contributed by atoms with Crippen LogP contribution in [0.15, 0.2) is 64.5 Å². The fraction of sp³-hybridized carbons (Fsp3) is 0.400. The molecule has 1 saturated heterocycles. The minimum absolute atomic E-state index is 0.0144. The van der Waals surface area contributed by atoms with Gasteiger partial charge in [-0.2, -0.15) is 4.99 Å². The van der Waals surface area contributed by atoms with E-state index in [4.69, 9.17) is 16.3 Å². The van der Waals surface area contributed by atoms with E-state index in [0.717, 1.165) is 17.8 Å². The first-order valence-electron chi connectivity index (χ1n) is 11.5. The first-order valence-corrected chi connectivity index (χ1v) is 11.8. The molecular weight excluding hydrogens is 466 g/mol. The largest absolute Gasteiger partial charge is 0.422 e. The normalized spacial score (nSPS) is 19.7. The summed E-state index contributed by atoms with van der Waals surface area (Å²) in [7, 11) is 0. The van der Waals surface area contributed by atoms with Crippen LogP contribution in [-0.4, -0.2) is 68.2 Å². The molecule has 184 valence electrons. The predicted octanol–water partition coefficient (Wildman–Crippen LogP) is 4.15. The highest BCUT2D eigenvalue weighted by Gasteiger charge is 2.33. The van der Waals surface area contributed by atoms with Crippen molar-refractivity contribution in [3.63, 3.8) is 0 Å². The number of nitrogens with zero attached hydrogens (tertiary/aromatic N) is 7. The van der Waals surface area contributed by atoms with Crippen molar-refractivity contribution in [1.82, 2.24) is 24.8 Å². The number of amides is 1. The van der Waals surface area contributed by atoms with Crippen molar-refractivity contribution in [2.75, 3.05) is 19.6 Å². The van der Waals surface area contributed by atoms with Crippen molar-refractivity contribution < 1.29 is 9.53 Å². The Labute approximate surface area is 210 Å². The summed E-state index contributed by atoms with van der Waals surface area (Å²) < 4.78 is 7.51. The van der Waals surface area contributed by atoms with Gasteiger partial charge < -0.3 is 14.5 Å². The summed E-state index contributed by atoms with van der Waals surface area (Å²) in [6.07, 6.45) is 1.94. The van der Waals surface area contributed by atoms with E-state index < -0.39 is 0 Å². The van der Waals surface area contributed by atoms with Gasteiger partial charge in [-0.05, 0) is 24.5 Å². The van der Waals surface area contributed by atoms with Gasteiger partial charge in [-0.25, -0.2) is 4.99 Å². The summed E-state index contributed by atoms with van der Waals surface area (Å²) in [5, 5.41) is 8.62. The summed E-state index contributed by atoms with van der Waals surface area (Å²) >= 11 is 5.75. The van der Waals surface area contributed by atoms with Crippen LogP contribution >= 0.6 is 11.6 Å². The van der Waals surface area contributed by atoms with Crippen LogP contribution in [-0.2, 0) is 11.3 Å². The third kappa shape index (κ3) is 5.79. The smallest absolute Gasteiger partial charge is 0.300 e. The van der Waals surface area contributed by atoms with E-state index in [1.165, 1.54) is 0 Å². The lowest BCUT2D eigenvalue weighted by Gasteiger charge is -2.39. The van der Waals surface area contributed by atoms with Gasteiger partial charge in [-0.15, -0.1) is 5.10 Å². The molecule has 0 bridgehead atoms. The first kappa shape index (κ1) is 24.7. The molecule has 4 rings (SSSR count). The van der Waals surface area contributed by atoms with E-state index in [2.05, 4.69) is 54.2 Å². The fourth-order valence-corrected chi connectivity index (χ4v) is 4.13. The summed E-state index contributed by atoms with van der Waals surface area (Å²) in [6.45, 7) is 18.3. The molecule has 35 heavy (non-hydrogen) atoms. The van der Waals surface area contributed by atoms with Crippen LogP contribution < -0.4 is 0 Å². The first-order chi connectivity index (χ1) is 16.5. The number of amidine groups is 2. The van der Waals surface area contributed by atoms with Crippen LogP contribution in [0.25, 0.3) is 11.3 Å². The molecule has 1 unspecified atom stereocenters. The monoisotopic (exact) mass is 495 g/mol. The molecule has 1 aromatic carbocycles. The molecule has 0 spiro atoms. The highest BCUT2D eigenvalue weighted by molar-refractivity contribution is 6.30. The van der Waals surface area contributed by atoms with E-state index in [-0.39, 0.29) is 22.5 Å². The maximum atomic E-state index is 13.2. The Morgan fingerprint density at radius 3 is 2.60 bits per heavy atom. The lowest BCUT2D eigenvalue weighted by Crippen LogP contribution is -2.55. The third-order valence-electron chi connectivity index (χ3n) is 5.65. The van der Waals surface area contributed by atoms with E-state index >= 15 is 0 Å². The van der Waals surface area contributed by atoms with Gasteiger partial charge >= 0.3 is 0 Å². The van der Waals surface area contributed by atoms with E-state index in [1.54, 1.807) is 0 Å². The summed E-state index contributed by atoms with van der Waals surface area (Å²) in [4.78, 5) is 25.5. The minimum Gasteiger partial charge on any atom is -0.422 e. The number of piperazine rings is 1. The molecule has 10 heteroatoms. The number of aromatic nitrogens is 3. The number of carbonyl (C=O) groups is 1. The van der Waals surface area contributed by atoms with Crippen molar-refractivity contribution in [3.05, 3.63) is 60.1 Å². The van der Waals surface area contributed by atoms with Gasteiger partial charge in [0.1, 0.15) is 10.9 Å². The quantitative estimate of drug-likeness (QED) is 0.594. The SMILES string of the molecule is C=C(Cl)/N=C1/N=C(N2CCN(C(=O)c3ccc(-c4cn(CC(C)(C)C)nn4)cc3)C(C)C2)OC1=C. The Hall–Kier alpha value is -3.46. The molecule has 1 atom stereocenters. The lowest BCUT2D eigenvalue weighted by molar-refractivity contribution is 0.0560. The molecule has 0 N–H and O–H groups in total. The van der Waals surface area contributed by atoms with Crippen molar-refractivity contribution in [2.45, 2.75) is 40.3 Å². The number of halogens is 1. The molecule has 1 aromatic heterocycles. The number of aliphatic imine (C=N–C) groups is 2. The van der Waals surface area contributed by atoms with Crippen LogP contribution in [0.1, 0.15) is 38.1 Å². The van der Waals surface area contributed by atoms with E-state index in [1.807, 2.05) is 51.9 Å². The van der Waals surface area contributed by atoms with Crippen LogP contribution in [0.4, 0.5) is 0 Å². The zero-order valence-corrected chi connectivity index (χ0v) is 21.3. The number of benzene rings is 1. The molecule has 0 radical (unpaired) electrons. The van der Waals surface area contributed by atoms with Crippen LogP contribution in [0.3, 0.4) is 0 Å². The van der Waals surface area contributed by atoms with Crippen LogP contribution in [0, 0.1) is 5.41 Å². The second-order valence-corrected chi connectivity index (χ2v) is 10.4. The zero-order chi connectivity index (χ0) is 25.3. The molecule has 1 fully saturated rings. The molecule has 3 heterocycles. The molecule has 0 aliphatic carbocycles. The maximum absolute atomic E-state index is 13.2. The van der Waals surface area contributed by atoms with Crippen molar-refractivity contribution in [3.8, 4) is 11.3 Å². The zero-order valence-electron chi connectivity index (χ0n) is 20.5. The summed E-state index contributed by atoms with van der Waals surface area (Å²) in [5.41, 5.74) is 2.46. The predicted molar refractivity (Wildman–Crippen MR) is 137 cm³/mol. The van der Waals surface area contributed by atoms with E-state index in [9.17, 15) is 4.79 Å². The van der Waals surface area contributed by atoms with Gasteiger partial charge in [0.2, 0.25) is 5.84 Å². The topological polar surface area (TPSA) is 88.2 Å². The number of rotatable bonds is 4. The second-order valence-electron chi connectivity index (χ2n) is 9.96. The molecule has 2 aliphatic heterocycles. The number of ether oxygens (including phenoxy) is 1. The molecule has 2 aliphatic rings. The van der Waals surface area contributed by atoms with Gasteiger partial charge in [0.15, 0.2) is 5.76 Å². The average molecular weight is 496 g/mol. The van der Waals surface area contributed by atoms with Crippen LogP contribution in [0.5, 0.6) is 0 Å². The number of hydrogen-bond acceptors (Lipinski definition) is 6. The number of hydrogen-bond donors (Lipinski definition) is 0. The second kappa shape index (κ2) is 9.65. The highest BCUT2D eigenvalue weighted by atomic mass is 35.5. The highest BCUT2D eigenvalue weighted by Crippen LogP contribution is 2.23. The molecule has 0 saturated carbocycles. The summed E-state index contributed by atoms with van der Waals surface area (Å²) in [5.74, 6) is 0.621. The van der Waals surface area contributed by atoms with Gasteiger partial charge in [-0.3, -0.25) is 9.48 Å². The maximum Gasteiger partial charge on any atom is 0.300 e. The Morgan fingerprint density at radius 1 is 1.26 bits per heavy atom. The lowest BCUT2D eigenvalue weighted by atomic mass is 9.97. The Kier molecular flexibility index (Phi) is 6.80. The number of carbonyl (C=O) groups excluding carboxylic acids is 1. The molecule has 1 amide bonds. The van der Waals surface area contributed by atoms with Gasteiger partial charge in [0.25, 0.3) is 11.9 Å². The molecule has 9 nitrogen and oxygen atoms in total. The fourth-order valence-electron chi connectivity index (χ4n) is 4.05. The molecular formula is C25H30ClN7O2. The molecule has 2 aromatic rings. The average Bonchev–Trinajstić information content (AvgIpc) is 3.38. The van der Waals surface area contributed by atoms with Gasteiger partial charge in [-0.1, -0.05) is 62.9 Å². The minimum atomic E-state index is -0.0447. The Morgan fingerprint density at radius 2 is 1.97 bits per heavy atom. The van der Waals surface area contributed by atoms with Crippen LogP contribution in [0.2, 0.25) is 0 Å². The Bertz CT molecular complexity index is 1210.